The van der Waals surface area contributed by atoms with Crippen molar-refractivity contribution in [1.82, 2.24) is 5.32 Å². The second kappa shape index (κ2) is 4.27. The van der Waals surface area contributed by atoms with Crippen molar-refractivity contribution in [2.45, 2.75) is 86.1 Å². The van der Waals surface area contributed by atoms with Crippen LogP contribution in [-0.4, -0.2) is 17.7 Å². The topological polar surface area (TPSA) is 46.2 Å². The van der Waals surface area contributed by atoms with Gasteiger partial charge in [0.15, 0.2) is 0 Å². The normalized spacial score (nSPS) is 50.5. The Morgan fingerprint density at radius 3 is 2.12 bits per heavy atom. The minimum absolute atomic E-state index is 0.164. The van der Waals surface area contributed by atoms with Crippen molar-refractivity contribution in [3.05, 3.63) is 0 Å². The Labute approximate surface area is 146 Å². The number of carbonyl (C=O) groups excluding carboxylic acids is 2. The number of fused-ring (bicyclic) bond motifs is 4. The number of Topliss-reactive ketones (excluding diaryl/α,β-unsaturated/α-hetero) is 1. The molecule has 4 aliphatic carbocycles. The van der Waals surface area contributed by atoms with E-state index < -0.39 is 5.41 Å². The van der Waals surface area contributed by atoms with E-state index in [4.69, 9.17) is 0 Å². The molecule has 4 saturated carbocycles. The van der Waals surface area contributed by atoms with Gasteiger partial charge < -0.3 is 5.32 Å². The van der Waals surface area contributed by atoms with Crippen LogP contribution in [0, 0.1) is 33.0 Å². The Bertz CT molecular complexity index is 636. The smallest absolute Gasteiger partial charge is 0.227 e. The highest BCUT2D eigenvalue weighted by Gasteiger charge is 2.73. The average Bonchev–Trinajstić information content (AvgIpc) is 2.97. The summed E-state index contributed by atoms with van der Waals surface area (Å²) < 4.78 is 0. The van der Waals surface area contributed by atoms with Crippen molar-refractivity contribution >= 4 is 11.7 Å². The molecular formula is C21H33NO2. The Balaban J connectivity index is 1.62. The van der Waals surface area contributed by atoms with Gasteiger partial charge in [0.2, 0.25) is 5.91 Å². The van der Waals surface area contributed by atoms with Crippen molar-refractivity contribution < 1.29 is 9.59 Å². The summed E-state index contributed by atoms with van der Waals surface area (Å²) in [5, 5.41) is 3.47. The van der Waals surface area contributed by atoms with Crippen LogP contribution in [0.15, 0.2) is 0 Å². The summed E-state index contributed by atoms with van der Waals surface area (Å²) in [6.07, 6.45) is 5.79. The van der Waals surface area contributed by atoms with E-state index in [0.717, 1.165) is 25.2 Å². The lowest BCUT2D eigenvalue weighted by Crippen LogP contribution is -2.54. The fourth-order valence-electron chi connectivity index (χ4n) is 7.08. The molecule has 0 aromatic rings. The van der Waals surface area contributed by atoms with Gasteiger partial charge in [0.25, 0.3) is 0 Å². The average molecular weight is 332 g/mol. The standard InChI is InChI=1S/C21H33NO2/c1-17(2)13-7-8-19(17,5)14(11-13)22-16(24)21-10-9-20(6,15(23)12-21)18(21,3)4/h13-14H,7-12H2,1-6H3,(H,22,24)/t13-,14+,19-,20-,21+/m1/s1. The number of ketones is 1. The molecule has 0 saturated heterocycles. The summed E-state index contributed by atoms with van der Waals surface area (Å²) in [5.74, 6) is 1.18. The Hall–Kier alpha value is -0.860. The maximum Gasteiger partial charge on any atom is 0.227 e. The summed E-state index contributed by atoms with van der Waals surface area (Å²) in [6, 6.07) is 0.270. The van der Waals surface area contributed by atoms with Crippen molar-refractivity contribution in [3.8, 4) is 0 Å². The van der Waals surface area contributed by atoms with Gasteiger partial charge in [-0.2, -0.15) is 0 Å². The minimum atomic E-state index is -0.485. The van der Waals surface area contributed by atoms with Crippen molar-refractivity contribution in [3.63, 3.8) is 0 Å². The molecule has 0 radical (unpaired) electrons. The van der Waals surface area contributed by atoms with Gasteiger partial charge in [0.05, 0.1) is 5.41 Å². The fraction of sp³-hybridized carbons (Fsp3) is 0.905. The van der Waals surface area contributed by atoms with E-state index in [9.17, 15) is 9.59 Å². The molecule has 1 N–H and O–H groups in total. The molecule has 3 heteroatoms. The number of rotatable bonds is 2. The Morgan fingerprint density at radius 1 is 1.04 bits per heavy atom. The molecule has 0 aromatic heterocycles. The van der Waals surface area contributed by atoms with E-state index >= 15 is 0 Å². The third kappa shape index (κ3) is 1.48. The van der Waals surface area contributed by atoms with Crippen LogP contribution < -0.4 is 5.32 Å². The zero-order valence-corrected chi connectivity index (χ0v) is 16.2. The first kappa shape index (κ1) is 16.6. The molecule has 4 aliphatic rings. The predicted molar refractivity (Wildman–Crippen MR) is 94.3 cm³/mol. The van der Waals surface area contributed by atoms with E-state index in [0.29, 0.717) is 17.6 Å². The molecule has 5 atom stereocenters. The second-order valence-electron chi connectivity index (χ2n) is 10.8. The van der Waals surface area contributed by atoms with Crippen molar-refractivity contribution in [2.75, 3.05) is 0 Å². The SMILES string of the molecule is CC1(C)[C@@]2(C(=O)N[C@H]3C[C@H]4CC[C@@]3(C)C4(C)C)CC[C@]1(C)C(=O)C2. The first-order valence-corrected chi connectivity index (χ1v) is 9.77. The fourth-order valence-corrected chi connectivity index (χ4v) is 7.08. The lowest BCUT2D eigenvalue weighted by atomic mass is 9.64. The van der Waals surface area contributed by atoms with Crippen LogP contribution in [-0.2, 0) is 9.59 Å². The number of nitrogens with one attached hydrogen (secondary N) is 1. The molecule has 3 nitrogen and oxygen atoms in total. The molecular weight excluding hydrogens is 298 g/mol. The van der Waals surface area contributed by atoms with Gasteiger partial charge in [-0.15, -0.1) is 0 Å². The summed E-state index contributed by atoms with van der Waals surface area (Å²) in [7, 11) is 0. The zero-order valence-electron chi connectivity index (χ0n) is 16.2. The highest BCUT2D eigenvalue weighted by Crippen LogP contribution is 2.71. The molecule has 134 valence electrons. The lowest BCUT2D eigenvalue weighted by molar-refractivity contribution is -0.138. The molecule has 0 heterocycles. The summed E-state index contributed by atoms with van der Waals surface area (Å²) in [5.41, 5.74) is -0.551. The number of carbonyl (C=O) groups is 2. The van der Waals surface area contributed by atoms with Crippen LogP contribution in [0.4, 0.5) is 0 Å². The van der Waals surface area contributed by atoms with Gasteiger partial charge >= 0.3 is 0 Å². The maximum absolute atomic E-state index is 13.5. The Kier molecular flexibility index (Phi) is 2.95. The first-order valence-electron chi connectivity index (χ1n) is 9.77. The zero-order chi connectivity index (χ0) is 17.8. The summed E-state index contributed by atoms with van der Waals surface area (Å²) in [4.78, 5) is 26.1. The molecule has 0 unspecified atom stereocenters. The molecule has 1 amide bonds. The molecule has 0 aromatic carbocycles. The largest absolute Gasteiger partial charge is 0.352 e. The number of hydrogen-bond donors (Lipinski definition) is 1. The van der Waals surface area contributed by atoms with Gasteiger partial charge in [0, 0.05) is 17.9 Å². The molecule has 4 rings (SSSR count). The van der Waals surface area contributed by atoms with Gasteiger partial charge in [0.1, 0.15) is 5.78 Å². The monoisotopic (exact) mass is 331 g/mol. The maximum atomic E-state index is 13.5. The van der Waals surface area contributed by atoms with Crippen molar-refractivity contribution in [2.24, 2.45) is 33.0 Å². The van der Waals surface area contributed by atoms with E-state index in [2.05, 4.69) is 46.9 Å². The summed E-state index contributed by atoms with van der Waals surface area (Å²) >= 11 is 0. The Morgan fingerprint density at radius 2 is 1.71 bits per heavy atom. The number of amides is 1. The second-order valence-corrected chi connectivity index (χ2v) is 10.8. The highest BCUT2D eigenvalue weighted by atomic mass is 16.2. The number of hydrogen-bond acceptors (Lipinski definition) is 2. The van der Waals surface area contributed by atoms with Gasteiger partial charge in [-0.05, 0) is 54.3 Å². The molecule has 24 heavy (non-hydrogen) atoms. The first-order chi connectivity index (χ1) is 10.9. The van der Waals surface area contributed by atoms with Crippen LogP contribution >= 0.6 is 0 Å². The lowest BCUT2D eigenvalue weighted by Gasteiger charge is -2.43. The predicted octanol–water partition coefficient (Wildman–Crippen LogP) is 4.10. The molecule has 0 spiro atoms. The van der Waals surface area contributed by atoms with Crippen LogP contribution in [0.2, 0.25) is 0 Å². The van der Waals surface area contributed by atoms with Crippen LogP contribution in [0.3, 0.4) is 0 Å². The quantitative estimate of drug-likeness (QED) is 0.828. The van der Waals surface area contributed by atoms with Gasteiger partial charge in [-0.25, -0.2) is 0 Å². The van der Waals surface area contributed by atoms with E-state index in [-0.39, 0.29) is 28.2 Å². The van der Waals surface area contributed by atoms with Gasteiger partial charge in [-0.1, -0.05) is 41.5 Å². The van der Waals surface area contributed by atoms with E-state index in [1.807, 2.05) is 0 Å². The van der Waals surface area contributed by atoms with Crippen molar-refractivity contribution in [1.29, 1.82) is 0 Å². The van der Waals surface area contributed by atoms with E-state index in [1.165, 1.54) is 12.8 Å². The molecule has 0 aliphatic heterocycles. The summed E-state index contributed by atoms with van der Waals surface area (Å²) in [6.45, 7) is 13.5. The third-order valence-electron chi connectivity index (χ3n) is 10.2. The van der Waals surface area contributed by atoms with Crippen LogP contribution in [0.5, 0.6) is 0 Å². The third-order valence-corrected chi connectivity index (χ3v) is 10.2. The highest BCUT2D eigenvalue weighted by molar-refractivity contribution is 5.99. The van der Waals surface area contributed by atoms with Gasteiger partial charge in [-0.3, -0.25) is 9.59 Å². The molecule has 4 fully saturated rings. The minimum Gasteiger partial charge on any atom is -0.352 e. The van der Waals surface area contributed by atoms with Crippen LogP contribution in [0.25, 0.3) is 0 Å². The van der Waals surface area contributed by atoms with E-state index in [1.54, 1.807) is 0 Å². The van der Waals surface area contributed by atoms with Crippen LogP contribution in [0.1, 0.15) is 80.1 Å². The molecule has 4 bridgehead atoms.